The fourth-order valence-electron chi connectivity index (χ4n) is 2.05. The molecule has 0 heterocycles. The molecule has 0 bridgehead atoms. The summed E-state index contributed by atoms with van der Waals surface area (Å²) >= 11 is 5.96. The van der Waals surface area contributed by atoms with Gasteiger partial charge in [0.25, 0.3) is 0 Å². The van der Waals surface area contributed by atoms with Gasteiger partial charge in [-0.15, -0.1) is 0 Å². The minimum Gasteiger partial charge on any atom is -0.0843 e. The van der Waals surface area contributed by atoms with E-state index in [2.05, 4.69) is 30.3 Å². The number of hydrogen-bond acceptors (Lipinski definition) is 0. The average Bonchev–Trinajstić information content (AvgIpc) is 2.54. The highest BCUT2D eigenvalue weighted by atomic mass is 35.5. The highest BCUT2D eigenvalue weighted by molar-refractivity contribution is 6.30. The SMILES string of the molecule is Clc1ccc2c(c1)Cc1c[c]ccc1-2. The Morgan fingerprint density at radius 2 is 1.93 bits per heavy atom. The predicted molar refractivity (Wildman–Crippen MR) is 58.5 cm³/mol. The predicted octanol–water partition coefficient (Wildman–Crippen LogP) is 3.71. The first-order valence-corrected chi connectivity index (χ1v) is 5.00. The number of halogens is 1. The molecule has 67 valence electrons. The van der Waals surface area contributed by atoms with Gasteiger partial charge in [0, 0.05) is 5.02 Å². The van der Waals surface area contributed by atoms with Crippen molar-refractivity contribution < 1.29 is 0 Å². The van der Waals surface area contributed by atoms with Crippen molar-refractivity contribution in [3.63, 3.8) is 0 Å². The van der Waals surface area contributed by atoms with Crippen molar-refractivity contribution in [3.05, 3.63) is 58.6 Å². The van der Waals surface area contributed by atoms with E-state index in [9.17, 15) is 0 Å². The van der Waals surface area contributed by atoms with Crippen LogP contribution in [0.1, 0.15) is 11.1 Å². The highest BCUT2D eigenvalue weighted by Crippen LogP contribution is 2.37. The maximum absolute atomic E-state index is 5.96. The lowest BCUT2D eigenvalue weighted by Crippen LogP contribution is -1.78. The molecule has 14 heavy (non-hydrogen) atoms. The first-order chi connectivity index (χ1) is 6.84. The molecule has 0 N–H and O–H groups in total. The van der Waals surface area contributed by atoms with Crippen LogP contribution in [-0.4, -0.2) is 0 Å². The van der Waals surface area contributed by atoms with E-state index in [1.165, 1.54) is 22.3 Å². The summed E-state index contributed by atoms with van der Waals surface area (Å²) in [5, 5.41) is 0.820. The molecule has 2 aromatic rings. The van der Waals surface area contributed by atoms with Gasteiger partial charge in [-0.05, 0) is 46.9 Å². The summed E-state index contributed by atoms with van der Waals surface area (Å²) in [6, 6.07) is 15.4. The third-order valence-corrected chi connectivity index (χ3v) is 2.92. The zero-order valence-electron chi connectivity index (χ0n) is 7.55. The fraction of sp³-hybridized carbons (Fsp3) is 0.0769. The van der Waals surface area contributed by atoms with Crippen molar-refractivity contribution in [2.45, 2.75) is 6.42 Å². The lowest BCUT2D eigenvalue weighted by atomic mass is 10.1. The van der Waals surface area contributed by atoms with E-state index in [1.807, 2.05) is 12.1 Å². The summed E-state index contributed by atoms with van der Waals surface area (Å²) in [6.07, 6.45) is 0.989. The molecule has 0 aliphatic heterocycles. The summed E-state index contributed by atoms with van der Waals surface area (Å²) in [5.41, 5.74) is 5.32. The third kappa shape index (κ3) is 1.08. The van der Waals surface area contributed by atoms with E-state index < -0.39 is 0 Å². The molecule has 0 amide bonds. The maximum atomic E-state index is 5.96. The Balaban J connectivity index is 2.27. The fourth-order valence-corrected chi connectivity index (χ4v) is 2.25. The molecule has 0 spiro atoms. The summed E-state index contributed by atoms with van der Waals surface area (Å²) < 4.78 is 0. The maximum Gasteiger partial charge on any atom is 0.0409 e. The Morgan fingerprint density at radius 1 is 1.07 bits per heavy atom. The van der Waals surface area contributed by atoms with Crippen molar-refractivity contribution in [1.82, 2.24) is 0 Å². The van der Waals surface area contributed by atoms with E-state index in [-0.39, 0.29) is 0 Å². The molecule has 1 aliphatic carbocycles. The Kier molecular flexibility index (Phi) is 1.65. The smallest absolute Gasteiger partial charge is 0.0409 e. The van der Waals surface area contributed by atoms with Crippen LogP contribution in [0.5, 0.6) is 0 Å². The van der Waals surface area contributed by atoms with Gasteiger partial charge >= 0.3 is 0 Å². The van der Waals surface area contributed by atoms with Gasteiger partial charge in [-0.2, -0.15) is 0 Å². The second kappa shape index (κ2) is 2.86. The van der Waals surface area contributed by atoms with Gasteiger partial charge in [-0.3, -0.25) is 0 Å². The average molecular weight is 200 g/mol. The van der Waals surface area contributed by atoms with Gasteiger partial charge in [0.15, 0.2) is 0 Å². The first-order valence-electron chi connectivity index (χ1n) is 4.62. The molecule has 3 rings (SSSR count). The van der Waals surface area contributed by atoms with Crippen molar-refractivity contribution in [2.75, 3.05) is 0 Å². The van der Waals surface area contributed by atoms with Gasteiger partial charge in [-0.1, -0.05) is 35.9 Å². The zero-order chi connectivity index (χ0) is 9.54. The normalized spacial score (nSPS) is 12.4. The number of benzene rings is 2. The standard InChI is InChI=1S/C13H8Cl/c14-11-5-6-13-10(8-11)7-9-3-1-2-4-12(9)13/h2-6,8H,7H2. The summed E-state index contributed by atoms with van der Waals surface area (Å²) in [5.74, 6) is 0. The molecule has 0 saturated heterocycles. The molecular weight excluding hydrogens is 192 g/mol. The van der Waals surface area contributed by atoms with Crippen molar-refractivity contribution in [3.8, 4) is 11.1 Å². The van der Waals surface area contributed by atoms with Crippen molar-refractivity contribution in [1.29, 1.82) is 0 Å². The zero-order valence-corrected chi connectivity index (χ0v) is 8.31. The molecule has 0 saturated carbocycles. The molecule has 0 fully saturated rings. The molecule has 0 aromatic heterocycles. The molecule has 0 atom stereocenters. The van der Waals surface area contributed by atoms with Crippen LogP contribution in [-0.2, 0) is 6.42 Å². The summed E-state index contributed by atoms with van der Waals surface area (Å²) in [6.45, 7) is 0. The van der Waals surface area contributed by atoms with Gasteiger partial charge < -0.3 is 0 Å². The van der Waals surface area contributed by atoms with Crippen LogP contribution >= 0.6 is 11.6 Å². The molecule has 1 aliphatic rings. The van der Waals surface area contributed by atoms with Crippen LogP contribution < -0.4 is 0 Å². The first kappa shape index (κ1) is 8.07. The van der Waals surface area contributed by atoms with Gasteiger partial charge in [-0.25, -0.2) is 0 Å². The second-order valence-electron chi connectivity index (χ2n) is 3.56. The Labute approximate surface area is 88.2 Å². The van der Waals surface area contributed by atoms with E-state index in [4.69, 9.17) is 11.6 Å². The second-order valence-corrected chi connectivity index (χ2v) is 4.00. The van der Waals surface area contributed by atoms with Gasteiger partial charge in [0.1, 0.15) is 0 Å². The van der Waals surface area contributed by atoms with Crippen molar-refractivity contribution >= 4 is 11.6 Å². The quantitative estimate of drug-likeness (QED) is 0.518. The lowest BCUT2D eigenvalue weighted by molar-refractivity contribution is 1.26. The molecule has 1 radical (unpaired) electrons. The number of fused-ring (bicyclic) bond motifs is 3. The number of rotatable bonds is 0. The van der Waals surface area contributed by atoms with E-state index in [1.54, 1.807) is 0 Å². The summed E-state index contributed by atoms with van der Waals surface area (Å²) in [4.78, 5) is 0. The van der Waals surface area contributed by atoms with Crippen LogP contribution in [0.25, 0.3) is 11.1 Å². The van der Waals surface area contributed by atoms with E-state index >= 15 is 0 Å². The number of hydrogen-bond donors (Lipinski definition) is 0. The Bertz CT molecular complexity index is 500. The van der Waals surface area contributed by atoms with Crippen LogP contribution in [0.2, 0.25) is 5.02 Å². The largest absolute Gasteiger partial charge is 0.0843 e. The molecular formula is C13H8Cl. The lowest BCUT2D eigenvalue weighted by Gasteiger charge is -1.99. The van der Waals surface area contributed by atoms with Crippen LogP contribution in [0, 0.1) is 6.07 Å². The molecule has 0 nitrogen and oxygen atoms in total. The monoisotopic (exact) mass is 199 g/mol. The minimum absolute atomic E-state index is 0.820. The topological polar surface area (TPSA) is 0 Å². The van der Waals surface area contributed by atoms with Crippen LogP contribution in [0.15, 0.2) is 36.4 Å². The molecule has 0 unspecified atom stereocenters. The minimum atomic E-state index is 0.820. The highest BCUT2D eigenvalue weighted by Gasteiger charge is 2.17. The summed E-state index contributed by atoms with van der Waals surface area (Å²) in [7, 11) is 0. The van der Waals surface area contributed by atoms with E-state index in [0.29, 0.717) is 0 Å². The molecule has 1 heteroatoms. The molecule has 2 aromatic carbocycles. The van der Waals surface area contributed by atoms with Crippen LogP contribution in [0.3, 0.4) is 0 Å². The van der Waals surface area contributed by atoms with Gasteiger partial charge in [0.05, 0.1) is 0 Å². The third-order valence-electron chi connectivity index (χ3n) is 2.69. The van der Waals surface area contributed by atoms with Crippen LogP contribution in [0.4, 0.5) is 0 Å². The Hall–Kier alpha value is -1.27. The van der Waals surface area contributed by atoms with Crippen molar-refractivity contribution in [2.24, 2.45) is 0 Å². The van der Waals surface area contributed by atoms with Gasteiger partial charge in [0.2, 0.25) is 0 Å². The van der Waals surface area contributed by atoms with E-state index in [0.717, 1.165) is 11.4 Å². The Morgan fingerprint density at radius 3 is 2.86 bits per heavy atom.